The molecule has 116 valence electrons. The van der Waals surface area contributed by atoms with Crippen molar-refractivity contribution in [2.24, 2.45) is 0 Å². The minimum atomic E-state index is 0.787. The monoisotopic (exact) mass is 304 g/mol. The van der Waals surface area contributed by atoms with Crippen LogP contribution < -0.4 is 15.4 Å². The summed E-state index contributed by atoms with van der Waals surface area (Å²) in [5.41, 5.74) is 4.48. The Bertz CT molecular complexity index is 722. The maximum absolute atomic E-state index is 5.17. The lowest BCUT2D eigenvalue weighted by atomic mass is 10.2. The topological polar surface area (TPSA) is 33.3 Å². The van der Waals surface area contributed by atoms with Gasteiger partial charge in [0.1, 0.15) is 5.75 Å². The number of benzene rings is 3. The zero-order valence-corrected chi connectivity index (χ0v) is 13.1. The summed E-state index contributed by atoms with van der Waals surface area (Å²) in [7, 11) is 1.68. The molecule has 23 heavy (non-hydrogen) atoms. The van der Waals surface area contributed by atoms with E-state index in [9.17, 15) is 0 Å². The number of anilines is 3. The molecule has 0 atom stereocenters. The van der Waals surface area contributed by atoms with Gasteiger partial charge in [-0.05, 0) is 54.1 Å². The lowest BCUT2D eigenvalue weighted by molar-refractivity contribution is 0.414. The van der Waals surface area contributed by atoms with Gasteiger partial charge in [0, 0.05) is 23.6 Å². The molecular formula is C20H20N2O. The van der Waals surface area contributed by atoms with E-state index in [0.717, 1.165) is 29.4 Å². The van der Waals surface area contributed by atoms with Crippen LogP contribution in [0, 0.1) is 0 Å². The zero-order chi connectivity index (χ0) is 15.9. The fourth-order valence-corrected chi connectivity index (χ4v) is 2.31. The van der Waals surface area contributed by atoms with Crippen molar-refractivity contribution in [1.29, 1.82) is 0 Å². The standard InChI is InChI=1S/C20H20N2O/c1-23-20-13-7-16(8-14-20)15-21-17-9-11-19(12-10-17)22-18-5-3-2-4-6-18/h2-14,21-22H,15H2,1H3. The van der Waals surface area contributed by atoms with Gasteiger partial charge in [0.25, 0.3) is 0 Å². The SMILES string of the molecule is COc1ccc(CNc2ccc(Nc3ccccc3)cc2)cc1. The molecule has 3 aromatic carbocycles. The molecule has 3 nitrogen and oxygen atoms in total. The predicted octanol–water partition coefficient (Wildman–Crippen LogP) is 5.05. The third kappa shape index (κ3) is 4.27. The summed E-state index contributed by atoms with van der Waals surface area (Å²) in [6, 6.07) is 26.5. The van der Waals surface area contributed by atoms with E-state index >= 15 is 0 Å². The van der Waals surface area contributed by atoms with Crippen molar-refractivity contribution in [3.8, 4) is 5.75 Å². The molecular weight excluding hydrogens is 284 g/mol. The van der Waals surface area contributed by atoms with E-state index in [-0.39, 0.29) is 0 Å². The summed E-state index contributed by atoms with van der Waals surface area (Å²) in [5.74, 6) is 0.880. The Labute approximate surface area is 136 Å². The number of rotatable bonds is 6. The minimum absolute atomic E-state index is 0.787. The first-order valence-electron chi connectivity index (χ1n) is 7.62. The third-order valence-electron chi connectivity index (χ3n) is 3.60. The molecule has 0 spiro atoms. The summed E-state index contributed by atoms with van der Waals surface area (Å²) in [6.07, 6.45) is 0. The van der Waals surface area contributed by atoms with Crippen LogP contribution in [0.15, 0.2) is 78.9 Å². The number of para-hydroxylation sites is 1. The van der Waals surface area contributed by atoms with Gasteiger partial charge in [-0.1, -0.05) is 30.3 Å². The van der Waals surface area contributed by atoms with E-state index in [4.69, 9.17) is 4.74 Å². The zero-order valence-electron chi connectivity index (χ0n) is 13.1. The Morgan fingerprint density at radius 2 is 1.30 bits per heavy atom. The Hall–Kier alpha value is -2.94. The third-order valence-corrected chi connectivity index (χ3v) is 3.60. The summed E-state index contributed by atoms with van der Waals surface area (Å²) in [6.45, 7) is 0.787. The highest BCUT2D eigenvalue weighted by molar-refractivity contribution is 5.62. The molecule has 0 aliphatic heterocycles. The van der Waals surface area contributed by atoms with Gasteiger partial charge in [-0.25, -0.2) is 0 Å². The molecule has 3 aromatic rings. The Morgan fingerprint density at radius 1 is 0.696 bits per heavy atom. The number of ether oxygens (including phenoxy) is 1. The van der Waals surface area contributed by atoms with Gasteiger partial charge in [0.2, 0.25) is 0 Å². The van der Waals surface area contributed by atoms with Crippen LogP contribution in [-0.2, 0) is 6.54 Å². The minimum Gasteiger partial charge on any atom is -0.497 e. The quantitative estimate of drug-likeness (QED) is 0.668. The molecule has 0 heterocycles. The van der Waals surface area contributed by atoms with E-state index in [1.165, 1.54) is 5.56 Å². The van der Waals surface area contributed by atoms with Crippen molar-refractivity contribution in [3.63, 3.8) is 0 Å². The lowest BCUT2D eigenvalue weighted by Crippen LogP contribution is -1.99. The molecule has 0 amide bonds. The maximum Gasteiger partial charge on any atom is 0.118 e. The first kappa shape index (κ1) is 15.0. The normalized spacial score (nSPS) is 10.1. The molecule has 0 aromatic heterocycles. The van der Waals surface area contributed by atoms with Crippen molar-refractivity contribution in [3.05, 3.63) is 84.4 Å². The number of hydrogen-bond donors (Lipinski definition) is 2. The van der Waals surface area contributed by atoms with Crippen molar-refractivity contribution < 1.29 is 4.74 Å². The van der Waals surface area contributed by atoms with Gasteiger partial charge < -0.3 is 15.4 Å². The van der Waals surface area contributed by atoms with Gasteiger partial charge in [0.05, 0.1) is 7.11 Å². The van der Waals surface area contributed by atoms with Crippen LogP contribution in [0.4, 0.5) is 17.1 Å². The number of nitrogens with one attached hydrogen (secondary N) is 2. The molecule has 0 unspecified atom stereocenters. The van der Waals surface area contributed by atoms with Crippen LogP contribution in [0.5, 0.6) is 5.75 Å². The van der Waals surface area contributed by atoms with Crippen molar-refractivity contribution in [1.82, 2.24) is 0 Å². The molecule has 0 saturated carbocycles. The number of methoxy groups -OCH3 is 1. The van der Waals surface area contributed by atoms with Crippen molar-refractivity contribution in [2.45, 2.75) is 6.54 Å². The van der Waals surface area contributed by atoms with Crippen LogP contribution in [0.3, 0.4) is 0 Å². The van der Waals surface area contributed by atoms with Crippen LogP contribution in [-0.4, -0.2) is 7.11 Å². The van der Waals surface area contributed by atoms with E-state index in [2.05, 4.69) is 59.2 Å². The molecule has 0 radical (unpaired) electrons. The largest absolute Gasteiger partial charge is 0.497 e. The second-order valence-electron chi connectivity index (χ2n) is 5.27. The van der Waals surface area contributed by atoms with E-state index in [1.807, 2.05) is 30.3 Å². The highest BCUT2D eigenvalue weighted by Gasteiger charge is 1.97. The van der Waals surface area contributed by atoms with Gasteiger partial charge in [0.15, 0.2) is 0 Å². The molecule has 0 aliphatic carbocycles. The van der Waals surface area contributed by atoms with Crippen molar-refractivity contribution in [2.75, 3.05) is 17.7 Å². The fourth-order valence-electron chi connectivity index (χ4n) is 2.31. The highest BCUT2D eigenvalue weighted by atomic mass is 16.5. The summed E-state index contributed by atoms with van der Waals surface area (Å²) < 4.78 is 5.17. The predicted molar refractivity (Wildman–Crippen MR) is 96.5 cm³/mol. The van der Waals surface area contributed by atoms with E-state index in [0.29, 0.717) is 0 Å². The molecule has 0 saturated heterocycles. The summed E-state index contributed by atoms with van der Waals surface area (Å²) in [5, 5.41) is 6.80. The molecule has 0 aliphatic rings. The second kappa shape index (κ2) is 7.36. The molecule has 0 bridgehead atoms. The van der Waals surface area contributed by atoms with Gasteiger partial charge in [-0.15, -0.1) is 0 Å². The van der Waals surface area contributed by atoms with Crippen LogP contribution >= 0.6 is 0 Å². The second-order valence-corrected chi connectivity index (χ2v) is 5.27. The van der Waals surface area contributed by atoms with Gasteiger partial charge >= 0.3 is 0 Å². The van der Waals surface area contributed by atoms with E-state index in [1.54, 1.807) is 7.11 Å². The Kier molecular flexibility index (Phi) is 4.79. The smallest absolute Gasteiger partial charge is 0.118 e. The summed E-state index contributed by atoms with van der Waals surface area (Å²) >= 11 is 0. The lowest BCUT2D eigenvalue weighted by Gasteiger charge is -2.10. The van der Waals surface area contributed by atoms with Crippen LogP contribution in [0.25, 0.3) is 0 Å². The molecule has 3 rings (SSSR count). The average molecular weight is 304 g/mol. The first-order valence-corrected chi connectivity index (χ1v) is 7.62. The Balaban J connectivity index is 1.56. The van der Waals surface area contributed by atoms with Gasteiger partial charge in [-0.3, -0.25) is 0 Å². The van der Waals surface area contributed by atoms with Crippen molar-refractivity contribution >= 4 is 17.1 Å². The van der Waals surface area contributed by atoms with Crippen LogP contribution in [0.2, 0.25) is 0 Å². The van der Waals surface area contributed by atoms with E-state index < -0.39 is 0 Å². The fraction of sp³-hybridized carbons (Fsp3) is 0.100. The highest BCUT2D eigenvalue weighted by Crippen LogP contribution is 2.19. The van der Waals surface area contributed by atoms with Crippen LogP contribution in [0.1, 0.15) is 5.56 Å². The average Bonchev–Trinajstić information content (AvgIpc) is 2.62. The Morgan fingerprint density at radius 3 is 1.96 bits per heavy atom. The molecule has 3 heteroatoms. The molecule has 2 N–H and O–H groups in total. The number of hydrogen-bond acceptors (Lipinski definition) is 3. The van der Waals surface area contributed by atoms with Gasteiger partial charge in [-0.2, -0.15) is 0 Å². The molecule has 0 fully saturated rings. The maximum atomic E-state index is 5.17. The summed E-state index contributed by atoms with van der Waals surface area (Å²) in [4.78, 5) is 0. The first-order chi connectivity index (χ1) is 11.3.